The van der Waals surface area contributed by atoms with E-state index in [1.54, 1.807) is 12.1 Å². The van der Waals surface area contributed by atoms with Crippen LogP contribution in [0.1, 0.15) is 34.3 Å². The van der Waals surface area contributed by atoms with Gasteiger partial charge in [-0.25, -0.2) is 9.79 Å². The number of carbonyl (C=O) groups excluding carboxylic acids is 4. The van der Waals surface area contributed by atoms with Gasteiger partial charge in [-0.2, -0.15) is 0 Å². The molecule has 2 aromatic carbocycles. The van der Waals surface area contributed by atoms with Crippen LogP contribution in [0.5, 0.6) is 0 Å². The largest absolute Gasteiger partial charge is 0.445 e. The van der Waals surface area contributed by atoms with Gasteiger partial charge in [-0.3, -0.25) is 24.6 Å². The summed E-state index contributed by atoms with van der Waals surface area (Å²) in [6.45, 7) is 2.78. The number of nitrogens with one attached hydrogen (secondary N) is 4. The summed E-state index contributed by atoms with van der Waals surface area (Å²) >= 11 is 17.2. The van der Waals surface area contributed by atoms with Crippen molar-refractivity contribution in [1.82, 2.24) is 31.1 Å². The van der Waals surface area contributed by atoms with Gasteiger partial charge in [-0.15, -0.1) is 0 Å². The number of carbonyl (C=O) groups is 4. The number of aliphatic imine (C=N–C) groups is 1. The van der Waals surface area contributed by atoms with Gasteiger partial charge in [-0.05, 0) is 34.7 Å². The van der Waals surface area contributed by atoms with Crippen LogP contribution in [0.4, 0.5) is 4.79 Å². The molecule has 3 fully saturated rings. The number of hydrogen-bond acceptors (Lipinski definition) is 11. The van der Waals surface area contributed by atoms with Crippen molar-refractivity contribution in [1.29, 1.82) is 0 Å². The van der Waals surface area contributed by atoms with Crippen molar-refractivity contribution in [3.05, 3.63) is 71.6 Å². The Labute approximate surface area is 289 Å². The summed E-state index contributed by atoms with van der Waals surface area (Å²) in [5.41, 5.74) is 2.26. The Morgan fingerprint density at radius 1 is 1.08 bits per heavy atom. The molecular weight excluding hydrogens is 689 g/mol. The third-order valence-corrected chi connectivity index (χ3v) is 9.72. The number of halogens is 3. The SMILES string of the molecule is C=C1N[C@H]2[C@H](CN3C(=O)CCC3=O)N=C(NC(=O)OCC(Cl)(Cl)Cl)N3C[C@H](NC(=O)c4cccc5c4Cc4ccccc4-5)C(O)(O)[C@]23N1. The van der Waals surface area contributed by atoms with Gasteiger partial charge in [0, 0.05) is 24.9 Å². The van der Waals surface area contributed by atoms with E-state index < -0.39 is 63.8 Å². The summed E-state index contributed by atoms with van der Waals surface area (Å²) in [7, 11) is 0. The molecule has 4 aliphatic heterocycles. The zero-order valence-corrected chi connectivity index (χ0v) is 27.4. The quantitative estimate of drug-likeness (QED) is 0.127. The fourth-order valence-corrected chi connectivity index (χ4v) is 7.49. The lowest BCUT2D eigenvalue weighted by Crippen LogP contribution is -2.78. The first-order valence-electron chi connectivity index (χ1n) is 15.1. The van der Waals surface area contributed by atoms with Crippen molar-refractivity contribution in [2.45, 2.75) is 52.6 Å². The minimum absolute atomic E-state index is 0.0242. The summed E-state index contributed by atoms with van der Waals surface area (Å²) in [4.78, 5) is 59.0. The molecule has 0 bridgehead atoms. The fraction of sp³-hybridized carbons (Fsp3) is 0.387. The van der Waals surface area contributed by atoms with E-state index in [2.05, 4.69) is 32.8 Å². The molecule has 5 aliphatic rings. The molecule has 14 nitrogen and oxygen atoms in total. The number of benzene rings is 2. The van der Waals surface area contributed by atoms with E-state index in [0.29, 0.717) is 12.0 Å². The highest BCUT2D eigenvalue weighted by molar-refractivity contribution is 6.67. The molecule has 2 aromatic rings. The van der Waals surface area contributed by atoms with Gasteiger partial charge in [0.2, 0.25) is 27.4 Å². The molecule has 1 spiro atoms. The van der Waals surface area contributed by atoms with Crippen LogP contribution in [-0.2, 0) is 20.7 Å². The molecule has 1 aliphatic carbocycles. The van der Waals surface area contributed by atoms with E-state index in [9.17, 15) is 29.4 Å². The topological polar surface area (TPSA) is 185 Å². The number of rotatable bonds is 5. The molecule has 0 unspecified atom stereocenters. The number of nitrogens with zero attached hydrogens (tertiary/aromatic N) is 3. The molecule has 4 heterocycles. The zero-order valence-electron chi connectivity index (χ0n) is 25.1. The molecule has 4 amide bonds. The standard InChI is InChI=1S/C31H30Cl3N7O7/c1-15-35-25-21(12-40-23(42)9-10-24(40)43)36-27(38-28(45)48-14-29(32,33)34)41-13-22(31(46,47)30(25,41)39-15)37-26(44)19-8-4-7-18-17-6-3-2-5-16(17)11-20(18)19/h2-8,21-22,25,35,39,46-47H,1,9-14H2,(H,37,44)(H,36,38,45)/t21-,22-,25-,30-/m0/s1. The number of imide groups is 1. The van der Waals surface area contributed by atoms with Gasteiger partial charge >= 0.3 is 6.09 Å². The highest BCUT2D eigenvalue weighted by atomic mass is 35.6. The molecule has 6 N–H and O–H groups in total. The second-order valence-electron chi connectivity index (χ2n) is 12.3. The predicted octanol–water partition coefficient (Wildman–Crippen LogP) is 1.07. The Morgan fingerprint density at radius 2 is 1.79 bits per heavy atom. The minimum atomic E-state index is -2.76. The highest BCUT2D eigenvalue weighted by Crippen LogP contribution is 2.45. The molecule has 7 rings (SSSR count). The van der Waals surface area contributed by atoms with Gasteiger partial charge in [0.25, 0.3) is 5.91 Å². The third-order valence-electron chi connectivity index (χ3n) is 9.39. The smallest absolute Gasteiger partial charge is 0.414 e. The Hall–Kier alpha value is -4.08. The van der Waals surface area contributed by atoms with Gasteiger partial charge in [0.1, 0.15) is 12.6 Å². The van der Waals surface area contributed by atoms with Gasteiger partial charge in [0.15, 0.2) is 5.66 Å². The second-order valence-corrected chi connectivity index (χ2v) is 14.8. The summed E-state index contributed by atoms with van der Waals surface area (Å²) in [5.74, 6) is -4.19. The van der Waals surface area contributed by atoms with E-state index in [1.165, 1.54) is 4.90 Å². The summed E-state index contributed by atoms with van der Waals surface area (Å²) in [6.07, 6.45) is -0.509. The molecular formula is C31H30Cl3N7O7. The highest BCUT2D eigenvalue weighted by Gasteiger charge is 2.74. The molecule has 0 radical (unpaired) electrons. The van der Waals surface area contributed by atoms with Crippen molar-refractivity contribution < 1.29 is 34.1 Å². The first kappa shape index (κ1) is 32.5. The third kappa shape index (κ3) is 5.22. The van der Waals surface area contributed by atoms with Crippen molar-refractivity contribution in [3.63, 3.8) is 0 Å². The number of aliphatic hydroxyl groups is 2. The number of alkyl halides is 3. The Balaban J connectivity index is 1.23. The van der Waals surface area contributed by atoms with Crippen molar-refractivity contribution in [3.8, 4) is 11.1 Å². The predicted molar refractivity (Wildman–Crippen MR) is 174 cm³/mol. The molecule has 4 atom stereocenters. The van der Waals surface area contributed by atoms with Crippen molar-refractivity contribution in [2.75, 3.05) is 19.7 Å². The van der Waals surface area contributed by atoms with E-state index in [-0.39, 0.29) is 37.7 Å². The molecule has 0 aromatic heterocycles. The number of alkyl carbamates (subject to hydrolysis) is 1. The lowest BCUT2D eigenvalue weighted by Gasteiger charge is -2.49. The number of hydrogen-bond donors (Lipinski definition) is 6. The fourth-order valence-electron chi connectivity index (χ4n) is 7.33. The number of fused-ring (bicyclic) bond motifs is 3. The van der Waals surface area contributed by atoms with Crippen LogP contribution in [0.25, 0.3) is 11.1 Å². The molecule has 3 saturated heterocycles. The van der Waals surface area contributed by atoms with Crippen LogP contribution in [0, 0.1) is 0 Å². The van der Waals surface area contributed by atoms with E-state index in [4.69, 9.17) is 39.5 Å². The van der Waals surface area contributed by atoms with Crippen LogP contribution in [-0.4, -0.2) is 103 Å². The zero-order chi connectivity index (χ0) is 34.2. The average Bonchev–Trinajstić information content (AvgIpc) is 3.74. The van der Waals surface area contributed by atoms with Gasteiger partial charge < -0.3 is 35.8 Å². The van der Waals surface area contributed by atoms with Crippen molar-refractivity contribution >= 4 is 64.6 Å². The maximum absolute atomic E-state index is 13.9. The Bertz CT molecular complexity index is 1780. The Kier molecular flexibility index (Phi) is 7.79. The summed E-state index contributed by atoms with van der Waals surface area (Å²) in [5, 5.41) is 35.4. The molecule has 0 saturated carbocycles. The second kappa shape index (κ2) is 11.5. The van der Waals surface area contributed by atoms with Crippen molar-refractivity contribution in [2.24, 2.45) is 4.99 Å². The summed E-state index contributed by atoms with van der Waals surface area (Å²) in [6, 6.07) is 9.78. The number of ether oxygens (including phenoxy) is 1. The van der Waals surface area contributed by atoms with Crippen LogP contribution < -0.4 is 21.3 Å². The molecule has 17 heteroatoms. The Morgan fingerprint density at radius 3 is 2.52 bits per heavy atom. The van der Waals surface area contributed by atoms with Crippen LogP contribution in [0.2, 0.25) is 0 Å². The van der Waals surface area contributed by atoms with Gasteiger partial charge in [-0.1, -0.05) is 77.8 Å². The number of amides is 4. The normalized spacial score (nSPS) is 26.6. The van der Waals surface area contributed by atoms with Crippen LogP contribution >= 0.6 is 34.8 Å². The number of guanidine groups is 1. The maximum atomic E-state index is 13.9. The van der Waals surface area contributed by atoms with E-state index in [1.807, 2.05) is 30.3 Å². The van der Waals surface area contributed by atoms with Crippen LogP contribution in [0.3, 0.4) is 0 Å². The lowest BCUT2D eigenvalue weighted by atomic mass is 9.85. The molecule has 48 heavy (non-hydrogen) atoms. The average molecular weight is 719 g/mol. The first-order chi connectivity index (χ1) is 22.7. The maximum Gasteiger partial charge on any atom is 0.414 e. The van der Waals surface area contributed by atoms with Gasteiger partial charge in [0.05, 0.1) is 24.4 Å². The minimum Gasteiger partial charge on any atom is -0.445 e. The van der Waals surface area contributed by atoms with Crippen LogP contribution in [0.15, 0.2) is 59.9 Å². The van der Waals surface area contributed by atoms with E-state index in [0.717, 1.165) is 27.2 Å². The van der Waals surface area contributed by atoms with E-state index >= 15 is 0 Å². The summed E-state index contributed by atoms with van der Waals surface area (Å²) < 4.78 is 3.12. The monoisotopic (exact) mass is 717 g/mol. The number of likely N-dealkylation sites (tertiary alicyclic amines) is 1. The first-order valence-corrected chi connectivity index (χ1v) is 16.2. The lowest BCUT2D eigenvalue weighted by molar-refractivity contribution is -0.231. The molecule has 252 valence electrons.